The number of carbonyl (C=O) groups is 1. The van der Waals surface area contributed by atoms with Crippen LogP contribution in [0.1, 0.15) is 35.4 Å². The largest absolute Gasteiger partial charge is 0.475 e. The number of hydrogen-bond acceptors (Lipinski definition) is 3. The second kappa shape index (κ2) is 4.49. The maximum atomic E-state index is 10.6. The van der Waals surface area contributed by atoms with Gasteiger partial charge in [0.15, 0.2) is 0 Å². The van der Waals surface area contributed by atoms with Crippen molar-refractivity contribution in [3.05, 3.63) is 23.7 Å². The fraction of sp³-hybridized carbons (Fsp3) is 0.545. The van der Waals surface area contributed by atoms with Crippen molar-refractivity contribution in [2.45, 2.75) is 25.8 Å². The van der Waals surface area contributed by atoms with Crippen LogP contribution in [0, 0.1) is 0 Å². The van der Waals surface area contributed by atoms with Crippen molar-refractivity contribution in [1.82, 2.24) is 4.90 Å². The molecule has 4 nitrogen and oxygen atoms in total. The van der Waals surface area contributed by atoms with E-state index in [0.29, 0.717) is 0 Å². The van der Waals surface area contributed by atoms with E-state index in [-0.39, 0.29) is 5.76 Å². The summed E-state index contributed by atoms with van der Waals surface area (Å²) in [6.45, 7) is 3.01. The highest BCUT2D eigenvalue weighted by Crippen LogP contribution is 2.15. The van der Waals surface area contributed by atoms with E-state index in [1.807, 2.05) is 0 Å². The van der Waals surface area contributed by atoms with E-state index in [1.54, 1.807) is 6.07 Å². The first-order valence-electron chi connectivity index (χ1n) is 5.29. The van der Waals surface area contributed by atoms with Crippen LogP contribution in [-0.2, 0) is 6.54 Å². The molecule has 0 bridgehead atoms. The summed E-state index contributed by atoms with van der Waals surface area (Å²) in [6.07, 6.45) is 5.33. The van der Waals surface area contributed by atoms with E-state index < -0.39 is 5.97 Å². The molecule has 0 atom stereocenters. The summed E-state index contributed by atoms with van der Waals surface area (Å²) in [6, 6.07) is 1.61. The van der Waals surface area contributed by atoms with Crippen molar-refractivity contribution < 1.29 is 14.3 Å². The predicted molar refractivity (Wildman–Crippen MR) is 54.8 cm³/mol. The second-order valence-corrected chi connectivity index (χ2v) is 3.96. The van der Waals surface area contributed by atoms with E-state index in [1.165, 1.54) is 25.5 Å². The SMILES string of the molecule is O=C(O)c1cc(CN2CCCCC2)co1. The van der Waals surface area contributed by atoms with Crippen molar-refractivity contribution >= 4 is 5.97 Å². The van der Waals surface area contributed by atoms with E-state index in [2.05, 4.69) is 4.90 Å². The lowest BCUT2D eigenvalue weighted by Crippen LogP contribution is -2.28. The van der Waals surface area contributed by atoms with E-state index >= 15 is 0 Å². The lowest BCUT2D eigenvalue weighted by molar-refractivity contribution is 0.0662. The third-order valence-electron chi connectivity index (χ3n) is 2.72. The normalized spacial score (nSPS) is 17.9. The summed E-state index contributed by atoms with van der Waals surface area (Å²) in [5.74, 6) is -0.970. The highest BCUT2D eigenvalue weighted by atomic mass is 16.4. The van der Waals surface area contributed by atoms with Crippen LogP contribution in [0.15, 0.2) is 16.7 Å². The Hall–Kier alpha value is -1.29. The standard InChI is InChI=1S/C11H15NO3/c13-11(14)10-6-9(8-15-10)7-12-4-2-1-3-5-12/h6,8H,1-5,7H2,(H,13,14). The van der Waals surface area contributed by atoms with Crippen LogP contribution in [0.2, 0.25) is 0 Å². The quantitative estimate of drug-likeness (QED) is 0.826. The summed E-state index contributed by atoms with van der Waals surface area (Å²) >= 11 is 0. The summed E-state index contributed by atoms with van der Waals surface area (Å²) < 4.78 is 4.94. The molecule has 0 aliphatic carbocycles. The maximum Gasteiger partial charge on any atom is 0.371 e. The zero-order valence-corrected chi connectivity index (χ0v) is 8.61. The monoisotopic (exact) mass is 209 g/mol. The first kappa shape index (κ1) is 10.2. The third-order valence-corrected chi connectivity index (χ3v) is 2.72. The molecule has 2 rings (SSSR count). The van der Waals surface area contributed by atoms with Crippen LogP contribution in [0.25, 0.3) is 0 Å². The van der Waals surface area contributed by atoms with Crippen molar-refractivity contribution in [1.29, 1.82) is 0 Å². The third kappa shape index (κ3) is 2.59. The minimum absolute atomic E-state index is 0.0296. The Bertz CT molecular complexity index is 339. The molecular formula is C11H15NO3. The molecular weight excluding hydrogens is 194 g/mol. The van der Waals surface area contributed by atoms with Gasteiger partial charge in [-0.3, -0.25) is 4.90 Å². The highest BCUT2D eigenvalue weighted by molar-refractivity contribution is 5.84. The number of hydrogen-bond donors (Lipinski definition) is 1. The molecule has 0 saturated carbocycles. The molecule has 82 valence electrons. The van der Waals surface area contributed by atoms with E-state index in [9.17, 15) is 4.79 Å². The molecule has 0 radical (unpaired) electrons. The average Bonchev–Trinajstić information content (AvgIpc) is 2.68. The average molecular weight is 209 g/mol. The van der Waals surface area contributed by atoms with Crippen molar-refractivity contribution in [3.63, 3.8) is 0 Å². The van der Waals surface area contributed by atoms with Crippen LogP contribution >= 0.6 is 0 Å². The van der Waals surface area contributed by atoms with Crippen molar-refractivity contribution in [2.75, 3.05) is 13.1 Å². The summed E-state index contributed by atoms with van der Waals surface area (Å²) in [7, 11) is 0. The van der Waals surface area contributed by atoms with Crippen molar-refractivity contribution in [3.8, 4) is 0 Å². The summed E-state index contributed by atoms with van der Waals surface area (Å²) in [5, 5.41) is 8.70. The Balaban J connectivity index is 1.94. The fourth-order valence-corrected chi connectivity index (χ4v) is 1.95. The zero-order chi connectivity index (χ0) is 10.7. The van der Waals surface area contributed by atoms with Crippen molar-refractivity contribution in [2.24, 2.45) is 0 Å². The topological polar surface area (TPSA) is 53.7 Å². The molecule has 1 saturated heterocycles. The summed E-state index contributed by atoms with van der Waals surface area (Å²) in [4.78, 5) is 12.9. The zero-order valence-electron chi connectivity index (χ0n) is 8.61. The van der Waals surface area contributed by atoms with Crippen LogP contribution < -0.4 is 0 Å². The Morgan fingerprint density at radius 3 is 2.73 bits per heavy atom. The Morgan fingerprint density at radius 2 is 2.13 bits per heavy atom. The lowest BCUT2D eigenvalue weighted by Gasteiger charge is -2.25. The van der Waals surface area contributed by atoms with Gasteiger partial charge in [0.05, 0.1) is 6.26 Å². The number of nitrogens with zero attached hydrogens (tertiary/aromatic N) is 1. The molecule has 1 aliphatic rings. The molecule has 1 aromatic rings. The fourth-order valence-electron chi connectivity index (χ4n) is 1.95. The molecule has 1 aromatic heterocycles. The number of likely N-dealkylation sites (tertiary alicyclic amines) is 1. The molecule has 2 heterocycles. The van der Waals surface area contributed by atoms with Gasteiger partial charge >= 0.3 is 5.97 Å². The van der Waals surface area contributed by atoms with Gasteiger partial charge < -0.3 is 9.52 Å². The molecule has 1 fully saturated rings. The molecule has 4 heteroatoms. The molecule has 0 unspecified atom stereocenters. The molecule has 0 amide bonds. The van der Waals surface area contributed by atoms with Crippen LogP contribution in [-0.4, -0.2) is 29.1 Å². The minimum Gasteiger partial charge on any atom is -0.475 e. The maximum absolute atomic E-state index is 10.6. The molecule has 0 spiro atoms. The van der Waals surface area contributed by atoms with Gasteiger partial charge in [0, 0.05) is 12.1 Å². The van der Waals surface area contributed by atoms with E-state index in [0.717, 1.165) is 25.2 Å². The number of carboxylic acids is 1. The van der Waals surface area contributed by atoms with Gasteiger partial charge in [0.2, 0.25) is 5.76 Å². The molecule has 15 heavy (non-hydrogen) atoms. The number of aromatic carboxylic acids is 1. The van der Waals surface area contributed by atoms with Crippen LogP contribution in [0.4, 0.5) is 0 Å². The van der Waals surface area contributed by atoms with Gasteiger partial charge in [-0.25, -0.2) is 4.79 Å². The first-order chi connectivity index (χ1) is 7.25. The number of piperidine rings is 1. The highest BCUT2D eigenvalue weighted by Gasteiger charge is 2.13. The van der Waals surface area contributed by atoms with Gasteiger partial charge in [0.1, 0.15) is 0 Å². The van der Waals surface area contributed by atoms with Crippen LogP contribution in [0.5, 0.6) is 0 Å². The van der Waals surface area contributed by atoms with Gasteiger partial charge in [0.25, 0.3) is 0 Å². The Labute approximate surface area is 88.5 Å². The van der Waals surface area contributed by atoms with Gasteiger partial charge in [-0.1, -0.05) is 6.42 Å². The smallest absolute Gasteiger partial charge is 0.371 e. The van der Waals surface area contributed by atoms with Gasteiger partial charge in [-0.05, 0) is 32.0 Å². The summed E-state index contributed by atoms with van der Waals surface area (Å²) in [5.41, 5.74) is 0.953. The Kier molecular flexibility index (Phi) is 3.06. The number of rotatable bonds is 3. The Morgan fingerprint density at radius 1 is 1.40 bits per heavy atom. The first-order valence-corrected chi connectivity index (χ1v) is 5.29. The number of carboxylic acid groups (broad SMARTS) is 1. The molecule has 1 aliphatic heterocycles. The predicted octanol–water partition coefficient (Wildman–Crippen LogP) is 1.96. The molecule has 1 N–H and O–H groups in total. The molecule has 0 aromatic carbocycles. The minimum atomic E-state index is -1.00. The number of furan rings is 1. The second-order valence-electron chi connectivity index (χ2n) is 3.96. The lowest BCUT2D eigenvalue weighted by atomic mass is 10.1. The van der Waals surface area contributed by atoms with Gasteiger partial charge in [-0.15, -0.1) is 0 Å². The van der Waals surface area contributed by atoms with E-state index in [4.69, 9.17) is 9.52 Å². The van der Waals surface area contributed by atoms with Crippen LogP contribution in [0.3, 0.4) is 0 Å². The van der Waals surface area contributed by atoms with Gasteiger partial charge in [-0.2, -0.15) is 0 Å².